The van der Waals surface area contributed by atoms with Crippen LogP contribution in [0.5, 0.6) is 5.75 Å². The van der Waals surface area contributed by atoms with E-state index in [1.165, 1.54) is 5.56 Å². The van der Waals surface area contributed by atoms with Crippen LogP contribution in [0.1, 0.15) is 50.2 Å². The van der Waals surface area contributed by atoms with Crippen molar-refractivity contribution in [2.24, 2.45) is 17.8 Å². The van der Waals surface area contributed by atoms with Crippen LogP contribution in [-0.4, -0.2) is 40.1 Å². The van der Waals surface area contributed by atoms with Crippen molar-refractivity contribution in [3.8, 4) is 5.75 Å². The van der Waals surface area contributed by atoms with Crippen molar-refractivity contribution in [1.82, 2.24) is 0 Å². The Morgan fingerprint density at radius 1 is 1.36 bits per heavy atom. The summed E-state index contributed by atoms with van der Waals surface area (Å²) in [6.45, 7) is 1.78. The highest BCUT2D eigenvalue weighted by Gasteiger charge is 2.44. The number of carboxylic acid groups (broad SMARTS) is 1. The van der Waals surface area contributed by atoms with Gasteiger partial charge in [-0.25, -0.2) is 4.79 Å². The Hall–Kier alpha value is -1.85. The molecule has 5 heteroatoms. The van der Waals surface area contributed by atoms with Gasteiger partial charge in [0.05, 0.1) is 12.2 Å². The number of allylic oxidation sites excluding steroid dienone is 1. The summed E-state index contributed by atoms with van der Waals surface area (Å²) >= 11 is 0. The molecule has 0 aromatic heterocycles. The molecule has 1 unspecified atom stereocenters. The third kappa shape index (κ3) is 4.95. The Kier molecular flexibility index (Phi) is 7.13. The molecule has 3 N–H and O–H groups in total. The molecule has 1 saturated carbocycles. The number of ether oxygens (including phenoxy) is 1. The lowest BCUT2D eigenvalue weighted by atomic mass is 9.73. The Bertz CT molecular complexity index is 698. The highest BCUT2D eigenvalue weighted by atomic mass is 16.5. The first-order valence-corrected chi connectivity index (χ1v) is 10.5. The number of aliphatic hydroxyl groups is 2. The van der Waals surface area contributed by atoms with Gasteiger partial charge in [0.1, 0.15) is 5.75 Å². The van der Waals surface area contributed by atoms with Crippen LogP contribution in [0.2, 0.25) is 0 Å². The Morgan fingerprint density at radius 2 is 2.18 bits per heavy atom. The minimum Gasteiger partial charge on any atom is -0.482 e. The molecular weight excluding hydrogens is 356 g/mol. The summed E-state index contributed by atoms with van der Waals surface area (Å²) in [5, 5.41) is 29.7. The molecule has 0 bridgehead atoms. The van der Waals surface area contributed by atoms with Gasteiger partial charge in [0.25, 0.3) is 0 Å². The maximum atomic E-state index is 10.8. The smallest absolute Gasteiger partial charge is 0.341 e. The van der Waals surface area contributed by atoms with Crippen molar-refractivity contribution >= 4 is 5.97 Å². The van der Waals surface area contributed by atoms with Crippen molar-refractivity contribution < 1.29 is 24.9 Å². The number of carbonyl (C=O) groups is 1. The monoisotopic (exact) mass is 388 g/mol. The van der Waals surface area contributed by atoms with Crippen molar-refractivity contribution in [3.05, 3.63) is 41.5 Å². The van der Waals surface area contributed by atoms with E-state index in [0.717, 1.165) is 44.1 Å². The summed E-state index contributed by atoms with van der Waals surface area (Å²) < 4.78 is 5.49. The summed E-state index contributed by atoms with van der Waals surface area (Å²) in [6, 6.07) is 5.84. The molecule has 5 atom stereocenters. The van der Waals surface area contributed by atoms with E-state index >= 15 is 0 Å². The van der Waals surface area contributed by atoms with Gasteiger partial charge in [0.15, 0.2) is 6.61 Å². The van der Waals surface area contributed by atoms with Gasteiger partial charge in [-0.05, 0) is 73.5 Å². The lowest BCUT2D eigenvalue weighted by Gasteiger charge is -2.32. The Morgan fingerprint density at radius 3 is 2.93 bits per heavy atom. The van der Waals surface area contributed by atoms with E-state index in [0.29, 0.717) is 24.0 Å². The van der Waals surface area contributed by atoms with Crippen LogP contribution in [0, 0.1) is 17.8 Å². The fourth-order valence-electron chi connectivity index (χ4n) is 4.96. The second kappa shape index (κ2) is 9.57. The quantitative estimate of drug-likeness (QED) is 0.565. The van der Waals surface area contributed by atoms with Crippen molar-refractivity contribution in [2.45, 2.75) is 64.1 Å². The second-order valence-corrected chi connectivity index (χ2v) is 8.24. The predicted octanol–water partition coefficient (Wildman–Crippen LogP) is 3.36. The number of benzene rings is 1. The molecule has 0 heterocycles. The van der Waals surface area contributed by atoms with Gasteiger partial charge >= 0.3 is 5.97 Å². The molecule has 1 aromatic carbocycles. The molecule has 5 nitrogen and oxygen atoms in total. The van der Waals surface area contributed by atoms with Crippen LogP contribution in [0.4, 0.5) is 0 Å². The number of aliphatic hydroxyl groups excluding tert-OH is 2. The van der Waals surface area contributed by atoms with Crippen LogP contribution in [0.3, 0.4) is 0 Å². The zero-order valence-electron chi connectivity index (χ0n) is 16.6. The van der Waals surface area contributed by atoms with E-state index in [1.54, 1.807) is 0 Å². The zero-order valence-corrected chi connectivity index (χ0v) is 16.6. The summed E-state index contributed by atoms with van der Waals surface area (Å²) in [5.74, 6) is 0.678. The van der Waals surface area contributed by atoms with E-state index < -0.39 is 12.1 Å². The SMILES string of the molecule is CCC/C=C/C(O)CC[C@@H]1[C@H]2Cc3cccc(OCC(=O)O)c3C[C@H]2C[C@H]1O. The molecule has 0 amide bonds. The molecule has 154 valence electrons. The molecule has 0 saturated heterocycles. The summed E-state index contributed by atoms with van der Waals surface area (Å²) in [6.07, 6.45) is 9.18. The molecule has 1 fully saturated rings. The average molecular weight is 389 g/mol. The highest BCUT2D eigenvalue weighted by Crippen LogP contribution is 2.48. The number of hydrogen-bond donors (Lipinski definition) is 3. The molecule has 1 aromatic rings. The van der Waals surface area contributed by atoms with Gasteiger partial charge in [-0.2, -0.15) is 0 Å². The maximum Gasteiger partial charge on any atom is 0.341 e. The Balaban J connectivity index is 1.65. The summed E-state index contributed by atoms with van der Waals surface area (Å²) in [4.78, 5) is 10.8. The normalized spacial score (nSPS) is 27.4. The third-order valence-electron chi connectivity index (χ3n) is 6.31. The van der Waals surface area contributed by atoms with Gasteiger partial charge in [0.2, 0.25) is 0 Å². The van der Waals surface area contributed by atoms with Gasteiger partial charge in [-0.15, -0.1) is 0 Å². The number of aliphatic carboxylic acids is 1. The molecule has 0 spiro atoms. The lowest BCUT2D eigenvalue weighted by molar-refractivity contribution is -0.139. The second-order valence-electron chi connectivity index (χ2n) is 8.24. The first-order valence-electron chi connectivity index (χ1n) is 10.5. The summed E-state index contributed by atoms with van der Waals surface area (Å²) in [7, 11) is 0. The third-order valence-corrected chi connectivity index (χ3v) is 6.31. The van der Waals surface area contributed by atoms with Crippen molar-refractivity contribution in [3.63, 3.8) is 0 Å². The largest absolute Gasteiger partial charge is 0.482 e. The number of hydrogen-bond acceptors (Lipinski definition) is 4. The zero-order chi connectivity index (χ0) is 20.1. The minimum absolute atomic E-state index is 0.205. The fourth-order valence-corrected chi connectivity index (χ4v) is 4.96. The van der Waals surface area contributed by atoms with E-state index in [2.05, 4.69) is 13.0 Å². The minimum atomic E-state index is -0.978. The van der Waals surface area contributed by atoms with Gasteiger partial charge in [-0.3, -0.25) is 0 Å². The number of fused-ring (bicyclic) bond motifs is 2. The summed E-state index contributed by atoms with van der Waals surface area (Å²) in [5.41, 5.74) is 2.30. The van der Waals surface area contributed by atoms with E-state index in [1.807, 2.05) is 24.3 Å². The number of rotatable bonds is 9. The van der Waals surface area contributed by atoms with Crippen LogP contribution in [0.25, 0.3) is 0 Å². The fraction of sp³-hybridized carbons (Fsp3) is 0.609. The van der Waals surface area contributed by atoms with Gasteiger partial charge in [-0.1, -0.05) is 37.6 Å². The number of carboxylic acids is 1. The molecule has 0 aliphatic heterocycles. The molecule has 3 rings (SSSR count). The maximum absolute atomic E-state index is 10.8. The molecule has 2 aliphatic carbocycles. The van der Waals surface area contributed by atoms with Crippen LogP contribution < -0.4 is 4.74 Å². The van der Waals surface area contributed by atoms with Crippen LogP contribution in [0.15, 0.2) is 30.4 Å². The van der Waals surface area contributed by atoms with E-state index in [4.69, 9.17) is 9.84 Å². The van der Waals surface area contributed by atoms with Gasteiger partial charge in [0, 0.05) is 0 Å². The van der Waals surface area contributed by atoms with E-state index in [-0.39, 0.29) is 18.6 Å². The number of unbranched alkanes of at least 4 members (excludes halogenated alkanes) is 1. The topological polar surface area (TPSA) is 87.0 Å². The molecular formula is C23H32O5. The highest BCUT2D eigenvalue weighted by molar-refractivity contribution is 5.68. The molecule has 0 radical (unpaired) electrons. The van der Waals surface area contributed by atoms with E-state index in [9.17, 15) is 15.0 Å². The van der Waals surface area contributed by atoms with Crippen LogP contribution >= 0.6 is 0 Å². The van der Waals surface area contributed by atoms with Crippen LogP contribution in [-0.2, 0) is 17.6 Å². The molecule has 2 aliphatic rings. The van der Waals surface area contributed by atoms with Gasteiger partial charge < -0.3 is 20.1 Å². The van der Waals surface area contributed by atoms with Crippen molar-refractivity contribution in [2.75, 3.05) is 6.61 Å². The lowest BCUT2D eigenvalue weighted by Crippen LogP contribution is -2.28. The first kappa shape index (κ1) is 20.9. The first-order chi connectivity index (χ1) is 13.5. The average Bonchev–Trinajstić information content (AvgIpc) is 2.97. The molecule has 28 heavy (non-hydrogen) atoms. The standard InChI is InChI=1S/C23H32O5/c1-2-3-4-7-17(24)9-10-18-19-11-15-6-5-8-22(28-14-23(26)27)20(15)12-16(19)13-21(18)25/h4-8,16-19,21,24-25H,2-3,9-14H2,1H3,(H,26,27)/b7-4+/t16-,17?,18+,19-,21+/m0/s1. The predicted molar refractivity (Wildman–Crippen MR) is 107 cm³/mol. The Labute approximate surface area is 167 Å². The van der Waals surface area contributed by atoms with Crippen molar-refractivity contribution in [1.29, 1.82) is 0 Å².